The van der Waals surface area contributed by atoms with E-state index < -0.39 is 0 Å². The Kier molecular flexibility index (Phi) is 4.62. The largest absolute Gasteiger partial charge is 0.370 e. The zero-order valence-corrected chi connectivity index (χ0v) is 12.8. The first-order chi connectivity index (χ1) is 9.88. The summed E-state index contributed by atoms with van der Waals surface area (Å²) < 4.78 is 0. The Hall–Kier alpha value is -1.02. The fraction of sp³-hybridized carbons (Fsp3) is 0.667. The van der Waals surface area contributed by atoms with Crippen molar-refractivity contribution in [2.24, 2.45) is 0 Å². The summed E-state index contributed by atoms with van der Waals surface area (Å²) in [5.74, 6) is 0. The second-order valence-corrected chi connectivity index (χ2v) is 6.36. The van der Waals surface area contributed by atoms with Gasteiger partial charge in [-0.3, -0.25) is 0 Å². The van der Waals surface area contributed by atoms with E-state index >= 15 is 0 Å². The van der Waals surface area contributed by atoms with Gasteiger partial charge in [0.2, 0.25) is 0 Å². The number of aryl methyl sites for hydroxylation is 1. The van der Waals surface area contributed by atoms with Crippen molar-refractivity contribution >= 4 is 5.69 Å². The molecule has 3 rings (SSSR count). The molecule has 110 valence electrons. The van der Waals surface area contributed by atoms with Crippen LogP contribution in [0.3, 0.4) is 0 Å². The van der Waals surface area contributed by atoms with Crippen molar-refractivity contribution in [2.75, 3.05) is 24.5 Å². The van der Waals surface area contributed by atoms with Crippen molar-refractivity contribution in [1.82, 2.24) is 5.32 Å². The lowest BCUT2D eigenvalue weighted by atomic mass is 9.89. The molecule has 1 aromatic carbocycles. The molecule has 0 bridgehead atoms. The van der Waals surface area contributed by atoms with Gasteiger partial charge in [-0.15, -0.1) is 0 Å². The van der Waals surface area contributed by atoms with Crippen LogP contribution in [0.1, 0.15) is 50.2 Å². The minimum absolute atomic E-state index is 0.683. The zero-order valence-electron chi connectivity index (χ0n) is 12.8. The lowest BCUT2D eigenvalue weighted by molar-refractivity contribution is 0.422. The molecule has 2 aliphatic rings. The fourth-order valence-electron chi connectivity index (χ4n) is 3.77. The molecule has 1 aliphatic heterocycles. The maximum absolute atomic E-state index is 3.71. The van der Waals surface area contributed by atoms with Gasteiger partial charge in [-0.25, -0.2) is 0 Å². The molecular formula is C18H28N2. The highest BCUT2D eigenvalue weighted by Crippen LogP contribution is 2.31. The second kappa shape index (κ2) is 6.62. The average Bonchev–Trinajstić information content (AvgIpc) is 2.52. The molecule has 0 radical (unpaired) electrons. The SMILES string of the molecule is CCCNC1CCCN(c2cccc3c2CCCC3)C1. The molecule has 1 saturated heterocycles. The van der Waals surface area contributed by atoms with E-state index in [9.17, 15) is 0 Å². The summed E-state index contributed by atoms with van der Waals surface area (Å²) >= 11 is 0. The van der Waals surface area contributed by atoms with E-state index in [0.717, 1.165) is 6.54 Å². The number of rotatable bonds is 4. The Bertz CT molecular complexity index is 441. The quantitative estimate of drug-likeness (QED) is 0.902. The highest BCUT2D eigenvalue weighted by atomic mass is 15.2. The van der Waals surface area contributed by atoms with Crippen LogP contribution in [0.15, 0.2) is 18.2 Å². The van der Waals surface area contributed by atoms with Crippen molar-refractivity contribution in [3.05, 3.63) is 29.3 Å². The van der Waals surface area contributed by atoms with Crippen LogP contribution in [0.25, 0.3) is 0 Å². The highest BCUT2D eigenvalue weighted by molar-refractivity contribution is 5.58. The summed E-state index contributed by atoms with van der Waals surface area (Å²) in [5.41, 5.74) is 4.79. The van der Waals surface area contributed by atoms with Gasteiger partial charge in [0.05, 0.1) is 0 Å². The molecule has 1 unspecified atom stereocenters. The fourth-order valence-corrected chi connectivity index (χ4v) is 3.77. The monoisotopic (exact) mass is 272 g/mol. The summed E-state index contributed by atoms with van der Waals surface area (Å²) in [5, 5.41) is 3.71. The Morgan fingerprint density at radius 3 is 3.00 bits per heavy atom. The van der Waals surface area contributed by atoms with Crippen LogP contribution in [0.4, 0.5) is 5.69 Å². The van der Waals surface area contributed by atoms with E-state index in [1.807, 2.05) is 0 Å². The third-order valence-corrected chi connectivity index (χ3v) is 4.82. The number of fused-ring (bicyclic) bond motifs is 1. The van der Waals surface area contributed by atoms with Gasteiger partial charge >= 0.3 is 0 Å². The molecule has 1 atom stereocenters. The van der Waals surface area contributed by atoms with E-state index in [2.05, 4.69) is 35.3 Å². The molecular weight excluding hydrogens is 244 g/mol. The third kappa shape index (κ3) is 3.01. The van der Waals surface area contributed by atoms with Crippen molar-refractivity contribution < 1.29 is 0 Å². The number of piperidine rings is 1. The van der Waals surface area contributed by atoms with Gasteiger partial charge in [0, 0.05) is 24.8 Å². The molecule has 0 aromatic heterocycles. The minimum Gasteiger partial charge on any atom is -0.370 e. The van der Waals surface area contributed by atoms with E-state index in [0.29, 0.717) is 6.04 Å². The van der Waals surface area contributed by atoms with Crippen molar-refractivity contribution in [3.63, 3.8) is 0 Å². The molecule has 2 heteroatoms. The van der Waals surface area contributed by atoms with Crippen LogP contribution >= 0.6 is 0 Å². The van der Waals surface area contributed by atoms with Gasteiger partial charge in [-0.05, 0) is 68.7 Å². The molecule has 20 heavy (non-hydrogen) atoms. The first-order valence-corrected chi connectivity index (χ1v) is 8.47. The molecule has 0 spiro atoms. The first-order valence-electron chi connectivity index (χ1n) is 8.47. The normalized spacial score (nSPS) is 22.6. The average molecular weight is 272 g/mol. The van der Waals surface area contributed by atoms with E-state index in [1.54, 1.807) is 11.1 Å². The topological polar surface area (TPSA) is 15.3 Å². The summed E-state index contributed by atoms with van der Waals surface area (Å²) in [6.45, 7) is 5.84. The van der Waals surface area contributed by atoms with Crippen LogP contribution < -0.4 is 10.2 Å². The number of anilines is 1. The van der Waals surface area contributed by atoms with Crippen molar-refractivity contribution in [1.29, 1.82) is 0 Å². The van der Waals surface area contributed by atoms with Crippen LogP contribution in [-0.2, 0) is 12.8 Å². The number of nitrogens with one attached hydrogen (secondary N) is 1. The van der Waals surface area contributed by atoms with E-state index in [1.165, 1.54) is 63.7 Å². The molecule has 2 nitrogen and oxygen atoms in total. The highest BCUT2D eigenvalue weighted by Gasteiger charge is 2.23. The number of nitrogens with zero attached hydrogens (tertiary/aromatic N) is 1. The third-order valence-electron chi connectivity index (χ3n) is 4.82. The lowest BCUT2D eigenvalue weighted by Crippen LogP contribution is -2.46. The Morgan fingerprint density at radius 1 is 1.20 bits per heavy atom. The molecule has 1 aromatic rings. The molecule has 1 fully saturated rings. The predicted octanol–water partition coefficient (Wildman–Crippen LogP) is 3.53. The lowest BCUT2D eigenvalue weighted by Gasteiger charge is -2.37. The number of hydrogen-bond acceptors (Lipinski definition) is 2. The summed E-state index contributed by atoms with van der Waals surface area (Å²) in [6, 6.07) is 7.65. The minimum atomic E-state index is 0.683. The maximum Gasteiger partial charge on any atom is 0.0402 e. The van der Waals surface area contributed by atoms with Gasteiger partial charge < -0.3 is 10.2 Å². The van der Waals surface area contributed by atoms with Gasteiger partial charge in [-0.2, -0.15) is 0 Å². The van der Waals surface area contributed by atoms with E-state index in [4.69, 9.17) is 0 Å². The molecule has 1 N–H and O–H groups in total. The smallest absolute Gasteiger partial charge is 0.0402 e. The second-order valence-electron chi connectivity index (χ2n) is 6.36. The zero-order chi connectivity index (χ0) is 13.8. The van der Waals surface area contributed by atoms with Gasteiger partial charge in [0.25, 0.3) is 0 Å². The summed E-state index contributed by atoms with van der Waals surface area (Å²) in [7, 11) is 0. The maximum atomic E-state index is 3.71. The van der Waals surface area contributed by atoms with Crippen molar-refractivity contribution in [2.45, 2.75) is 57.9 Å². The number of hydrogen-bond donors (Lipinski definition) is 1. The Labute approximate surface area is 123 Å². The Morgan fingerprint density at radius 2 is 2.10 bits per heavy atom. The van der Waals surface area contributed by atoms with Crippen molar-refractivity contribution in [3.8, 4) is 0 Å². The van der Waals surface area contributed by atoms with E-state index in [-0.39, 0.29) is 0 Å². The summed E-state index contributed by atoms with van der Waals surface area (Å²) in [4.78, 5) is 2.64. The van der Waals surface area contributed by atoms with Crippen LogP contribution in [0.2, 0.25) is 0 Å². The number of benzene rings is 1. The van der Waals surface area contributed by atoms with Gasteiger partial charge in [0.15, 0.2) is 0 Å². The van der Waals surface area contributed by atoms with Crippen LogP contribution in [0, 0.1) is 0 Å². The molecule has 0 amide bonds. The van der Waals surface area contributed by atoms with Gasteiger partial charge in [-0.1, -0.05) is 19.1 Å². The molecule has 0 saturated carbocycles. The predicted molar refractivity (Wildman–Crippen MR) is 86.6 cm³/mol. The summed E-state index contributed by atoms with van der Waals surface area (Å²) in [6.07, 6.45) is 9.21. The Balaban J connectivity index is 1.75. The van der Waals surface area contributed by atoms with Gasteiger partial charge in [0.1, 0.15) is 0 Å². The van der Waals surface area contributed by atoms with Crippen LogP contribution in [-0.4, -0.2) is 25.7 Å². The molecule has 1 aliphatic carbocycles. The standard InChI is InChI=1S/C18H28N2/c1-2-12-19-16-9-6-13-20(14-16)18-11-5-8-15-7-3-4-10-17(15)18/h5,8,11,16,19H,2-4,6-7,9-10,12-14H2,1H3. The van der Waals surface area contributed by atoms with Crippen LogP contribution in [0.5, 0.6) is 0 Å². The molecule has 1 heterocycles. The first kappa shape index (κ1) is 13.9.